The number of imidazole rings is 1. The number of aliphatic hydroxyl groups is 1. The monoisotopic (exact) mass is 586 g/mol. The third-order valence-corrected chi connectivity index (χ3v) is 7.54. The Hall–Kier alpha value is -4.23. The van der Waals surface area contributed by atoms with Crippen molar-refractivity contribution in [3.63, 3.8) is 0 Å². The molecule has 1 saturated heterocycles. The number of benzene rings is 3. The minimum absolute atomic E-state index is 0.275. The number of halogens is 6. The standard InChI is InChI=1S/C29H24F6N6O/c30-28(31,32)27(42,29(33,34)35)20-7-5-19(6-8-20)26-38-22-2-1-3-24(25(22)39-26)41-14-12-40(13-15-41)17-18-4-9-21-23(16-18)37-11-10-36-21/h1-11,16,42H,12-15,17H2,(H,38,39). The number of nitrogens with zero attached hydrogens (tertiary/aromatic N) is 5. The lowest BCUT2D eigenvalue weighted by Gasteiger charge is -2.36. The maximum atomic E-state index is 13.3. The van der Waals surface area contributed by atoms with Crippen molar-refractivity contribution < 1.29 is 31.4 Å². The molecule has 1 aliphatic heterocycles. The second-order valence-corrected chi connectivity index (χ2v) is 10.2. The van der Waals surface area contributed by atoms with E-state index in [2.05, 4.69) is 35.8 Å². The molecule has 2 N–H and O–H groups in total. The average molecular weight is 587 g/mol. The number of aromatic amines is 1. The summed E-state index contributed by atoms with van der Waals surface area (Å²) >= 11 is 0. The van der Waals surface area contributed by atoms with E-state index in [0.717, 1.165) is 67.1 Å². The molecule has 0 unspecified atom stereocenters. The summed E-state index contributed by atoms with van der Waals surface area (Å²) < 4.78 is 79.6. The van der Waals surface area contributed by atoms with E-state index in [1.165, 1.54) is 0 Å². The van der Waals surface area contributed by atoms with Gasteiger partial charge in [-0.25, -0.2) is 4.98 Å². The molecule has 218 valence electrons. The minimum atomic E-state index is -5.95. The predicted octanol–water partition coefficient (Wildman–Crippen LogP) is 5.81. The fraction of sp³-hybridized carbons (Fsp3) is 0.276. The van der Waals surface area contributed by atoms with Crippen molar-refractivity contribution in [1.29, 1.82) is 0 Å². The number of hydrogen-bond acceptors (Lipinski definition) is 6. The van der Waals surface area contributed by atoms with Crippen LogP contribution in [-0.2, 0) is 12.1 Å². The maximum absolute atomic E-state index is 13.3. The Kier molecular flexibility index (Phi) is 6.81. The van der Waals surface area contributed by atoms with Crippen molar-refractivity contribution in [1.82, 2.24) is 24.8 Å². The van der Waals surface area contributed by atoms with Crippen LogP contribution in [0.1, 0.15) is 11.1 Å². The summed E-state index contributed by atoms with van der Waals surface area (Å²) in [6, 6.07) is 15.0. The van der Waals surface area contributed by atoms with Crippen LogP contribution < -0.4 is 4.90 Å². The van der Waals surface area contributed by atoms with Gasteiger partial charge in [-0.1, -0.05) is 36.4 Å². The van der Waals surface area contributed by atoms with Gasteiger partial charge in [0.2, 0.25) is 0 Å². The van der Waals surface area contributed by atoms with Crippen LogP contribution in [0.25, 0.3) is 33.5 Å². The van der Waals surface area contributed by atoms with Gasteiger partial charge in [-0.3, -0.25) is 14.9 Å². The molecule has 0 radical (unpaired) electrons. The minimum Gasteiger partial charge on any atom is -0.369 e. The summed E-state index contributed by atoms with van der Waals surface area (Å²) in [5.74, 6) is 0.282. The van der Waals surface area contributed by atoms with Gasteiger partial charge in [-0.15, -0.1) is 0 Å². The molecule has 0 atom stereocenters. The highest BCUT2D eigenvalue weighted by molar-refractivity contribution is 5.91. The molecule has 0 aliphatic carbocycles. The van der Waals surface area contributed by atoms with Gasteiger partial charge in [-0.05, 0) is 29.8 Å². The highest BCUT2D eigenvalue weighted by Gasteiger charge is 2.71. The molecule has 0 spiro atoms. The smallest absolute Gasteiger partial charge is 0.369 e. The van der Waals surface area contributed by atoms with E-state index in [0.29, 0.717) is 23.2 Å². The van der Waals surface area contributed by atoms with Gasteiger partial charge in [0.25, 0.3) is 5.60 Å². The summed E-state index contributed by atoms with van der Waals surface area (Å²) in [6.45, 7) is 3.84. The van der Waals surface area contributed by atoms with Crippen LogP contribution in [-0.4, -0.2) is 68.5 Å². The number of anilines is 1. The largest absolute Gasteiger partial charge is 0.430 e. The second kappa shape index (κ2) is 10.2. The first-order chi connectivity index (χ1) is 19.9. The van der Waals surface area contributed by atoms with Gasteiger partial charge >= 0.3 is 12.4 Å². The third kappa shape index (κ3) is 4.92. The van der Waals surface area contributed by atoms with Crippen LogP contribution >= 0.6 is 0 Å². The molecule has 7 nitrogen and oxygen atoms in total. The molecule has 0 bridgehead atoms. The lowest BCUT2D eigenvalue weighted by molar-refractivity contribution is -0.376. The topological polar surface area (TPSA) is 81.2 Å². The summed E-state index contributed by atoms with van der Waals surface area (Å²) in [6.07, 6.45) is -8.57. The number of H-pyrrole nitrogens is 1. The molecule has 5 aromatic rings. The van der Waals surface area contributed by atoms with Gasteiger partial charge in [0, 0.05) is 56.2 Å². The SMILES string of the molecule is OC(c1ccc(-c2nc3c(N4CCN(Cc5ccc6nccnc6c5)CC4)cccc3[nH]2)cc1)(C(F)(F)F)C(F)(F)F. The number of piperazine rings is 1. The summed E-state index contributed by atoms with van der Waals surface area (Å²) in [4.78, 5) is 21.0. The number of hydrogen-bond donors (Lipinski definition) is 2. The van der Waals surface area contributed by atoms with Crippen LogP contribution in [0, 0.1) is 0 Å². The third-order valence-electron chi connectivity index (χ3n) is 7.54. The van der Waals surface area contributed by atoms with E-state index in [-0.39, 0.29) is 11.4 Å². The molecule has 0 amide bonds. The molecule has 0 saturated carbocycles. The molecule has 13 heteroatoms. The Bertz CT molecular complexity index is 1710. The van der Waals surface area contributed by atoms with E-state index < -0.39 is 23.5 Å². The number of nitrogens with one attached hydrogen (secondary N) is 1. The summed E-state index contributed by atoms with van der Waals surface area (Å²) in [5, 5.41) is 9.67. The van der Waals surface area contributed by atoms with Crippen molar-refractivity contribution in [2.45, 2.75) is 24.5 Å². The first kappa shape index (κ1) is 27.9. The first-order valence-corrected chi connectivity index (χ1v) is 13.1. The molecular weight excluding hydrogens is 562 g/mol. The fourth-order valence-corrected chi connectivity index (χ4v) is 5.28. The quantitative estimate of drug-likeness (QED) is 0.253. The van der Waals surface area contributed by atoms with Crippen molar-refractivity contribution in [3.8, 4) is 11.4 Å². The lowest BCUT2D eigenvalue weighted by atomic mass is 9.91. The fourth-order valence-electron chi connectivity index (χ4n) is 5.28. The Morgan fingerprint density at radius 2 is 1.45 bits per heavy atom. The summed E-state index contributed by atoms with van der Waals surface area (Å²) in [5.41, 5.74) is -1.01. The van der Waals surface area contributed by atoms with E-state index >= 15 is 0 Å². The average Bonchev–Trinajstić information content (AvgIpc) is 3.41. The maximum Gasteiger partial charge on any atom is 0.430 e. The number of aromatic nitrogens is 4. The van der Waals surface area contributed by atoms with Gasteiger partial charge < -0.3 is 15.0 Å². The van der Waals surface area contributed by atoms with Crippen molar-refractivity contribution >= 4 is 27.8 Å². The zero-order valence-electron chi connectivity index (χ0n) is 21.9. The molecule has 42 heavy (non-hydrogen) atoms. The zero-order chi connectivity index (χ0) is 29.7. The highest BCUT2D eigenvalue weighted by atomic mass is 19.4. The van der Waals surface area contributed by atoms with Crippen LogP contribution in [0.2, 0.25) is 0 Å². The molecule has 6 rings (SSSR count). The lowest BCUT2D eigenvalue weighted by Crippen LogP contribution is -2.53. The van der Waals surface area contributed by atoms with Crippen LogP contribution in [0.3, 0.4) is 0 Å². The summed E-state index contributed by atoms with van der Waals surface area (Å²) in [7, 11) is 0. The van der Waals surface area contributed by atoms with Crippen LogP contribution in [0.4, 0.5) is 32.0 Å². The first-order valence-electron chi connectivity index (χ1n) is 13.1. The van der Waals surface area contributed by atoms with Gasteiger partial charge in [0.05, 0.1) is 22.2 Å². The second-order valence-electron chi connectivity index (χ2n) is 10.2. The Morgan fingerprint density at radius 1 is 0.786 bits per heavy atom. The highest BCUT2D eigenvalue weighted by Crippen LogP contribution is 2.50. The van der Waals surface area contributed by atoms with Gasteiger partial charge in [0.1, 0.15) is 11.3 Å². The number of rotatable bonds is 5. The van der Waals surface area contributed by atoms with Crippen LogP contribution in [0.15, 0.2) is 73.1 Å². The molecule has 1 fully saturated rings. The molecular formula is C29H24F6N6O. The molecule has 1 aliphatic rings. The molecule has 3 aromatic carbocycles. The van der Waals surface area contributed by atoms with E-state index in [1.807, 2.05) is 24.3 Å². The van der Waals surface area contributed by atoms with E-state index in [1.54, 1.807) is 18.5 Å². The number of fused-ring (bicyclic) bond motifs is 2. The van der Waals surface area contributed by atoms with Gasteiger partial charge in [-0.2, -0.15) is 26.3 Å². The van der Waals surface area contributed by atoms with E-state index in [9.17, 15) is 31.4 Å². The Morgan fingerprint density at radius 3 is 2.12 bits per heavy atom. The van der Waals surface area contributed by atoms with Crippen LogP contribution in [0.5, 0.6) is 0 Å². The zero-order valence-corrected chi connectivity index (χ0v) is 21.9. The van der Waals surface area contributed by atoms with Crippen molar-refractivity contribution in [2.24, 2.45) is 0 Å². The predicted molar refractivity (Wildman–Crippen MR) is 145 cm³/mol. The van der Waals surface area contributed by atoms with Crippen molar-refractivity contribution in [2.75, 3.05) is 31.1 Å². The Balaban J connectivity index is 1.19. The van der Waals surface area contributed by atoms with E-state index in [4.69, 9.17) is 0 Å². The van der Waals surface area contributed by atoms with Crippen molar-refractivity contribution in [3.05, 3.63) is 84.2 Å². The normalized spacial score (nSPS) is 15.5. The number of para-hydroxylation sites is 1. The van der Waals surface area contributed by atoms with Gasteiger partial charge in [0.15, 0.2) is 0 Å². The Labute approximate surface area is 235 Å². The number of alkyl halides is 6. The molecule has 2 aromatic heterocycles. The molecule has 3 heterocycles.